The number of nitrogens with two attached hydrogens (primary N) is 1. The van der Waals surface area contributed by atoms with E-state index in [1.54, 1.807) is 18.3 Å². The lowest BCUT2D eigenvalue weighted by molar-refractivity contribution is 0.893. The highest BCUT2D eigenvalue weighted by molar-refractivity contribution is 5.85. The molecule has 3 N–H and O–H groups in total. The molecule has 0 amide bonds. The van der Waals surface area contributed by atoms with E-state index in [1.807, 2.05) is 17.7 Å². The van der Waals surface area contributed by atoms with E-state index in [2.05, 4.69) is 15.0 Å². The minimum Gasteiger partial charge on any atom is -0.397 e. The van der Waals surface area contributed by atoms with Crippen LogP contribution in [0.4, 0.5) is 5.69 Å². The number of hydrogen-bond acceptors (Lipinski definition) is 4. The molecule has 0 atom stereocenters. The Hall–Kier alpha value is -2.63. The van der Waals surface area contributed by atoms with Gasteiger partial charge in [-0.05, 0) is 12.1 Å². The summed E-state index contributed by atoms with van der Waals surface area (Å²) in [6.07, 6.45) is 5.77. The average molecular weight is 255 g/mol. The van der Waals surface area contributed by atoms with Crippen molar-refractivity contribution in [1.82, 2.24) is 19.5 Å². The predicted octanol–water partition coefficient (Wildman–Crippen LogP) is 1.25. The van der Waals surface area contributed by atoms with Crippen LogP contribution in [0.3, 0.4) is 0 Å². The average Bonchev–Trinajstić information content (AvgIpc) is 2.87. The fourth-order valence-corrected chi connectivity index (χ4v) is 2.14. The first-order valence-corrected chi connectivity index (χ1v) is 6.00. The molecule has 2 aromatic heterocycles. The third-order valence-corrected chi connectivity index (χ3v) is 3.08. The summed E-state index contributed by atoms with van der Waals surface area (Å²) in [7, 11) is 0. The van der Waals surface area contributed by atoms with E-state index in [4.69, 9.17) is 5.73 Å². The maximum Gasteiger partial charge on any atom is 0.258 e. The predicted molar refractivity (Wildman–Crippen MR) is 73.3 cm³/mol. The van der Waals surface area contributed by atoms with Gasteiger partial charge < -0.3 is 15.3 Å². The molecule has 2 heterocycles. The molecule has 6 heteroatoms. The highest BCUT2D eigenvalue weighted by Gasteiger charge is 2.10. The van der Waals surface area contributed by atoms with Gasteiger partial charge in [0.1, 0.15) is 5.82 Å². The molecule has 6 nitrogen and oxygen atoms in total. The van der Waals surface area contributed by atoms with Crippen LogP contribution in [-0.4, -0.2) is 19.5 Å². The van der Waals surface area contributed by atoms with Gasteiger partial charge in [0.2, 0.25) is 0 Å². The summed E-state index contributed by atoms with van der Waals surface area (Å²) in [4.78, 5) is 22.7. The van der Waals surface area contributed by atoms with Gasteiger partial charge in [-0.25, -0.2) is 9.97 Å². The highest BCUT2D eigenvalue weighted by Crippen LogP contribution is 2.23. The van der Waals surface area contributed by atoms with Crippen molar-refractivity contribution in [2.24, 2.45) is 0 Å². The number of hydrogen-bond donors (Lipinski definition) is 2. The van der Waals surface area contributed by atoms with Crippen LogP contribution in [0.5, 0.6) is 0 Å². The van der Waals surface area contributed by atoms with E-state index >= 15 is 0 Å². The SMILES string of the molecule is CCc1nccn1-c1cc2nc[nH]c(=O)c2cc1N. The molecule has 0 unspecified atom stereocenters. The molecule has 0 spiro atoms. The molecule has 0 radical (unpaired) electrons. The molecular formula is C13H13N5O. The number of imidazole rings is 1. The standard InChI is InChI=1S/C13H13N5O/c1-2-12-15-3-4-18(12)11-6-10-8(5-9(11)14)13(19)17-7-16-10/h3-7H,2,14H2,1H3,(H,16,17,19). The number of benzene rings is 1. The van der Waals surface area contributed by atoms with Crippen LogP contribution < -0.4 is 11.3 Å². The number of nitrogens with zero attached hydrogens (tertiary/aromatic N) is 3. The van der Waals surface area contributed by atoms with Crippen molar-refractivity contribution in [1.29, 1.82) is 0 Å². The zero-order valence-corrected chi connectivity index (χ0v) is 10.4. The Balaban J connectivity index is 2.31. The number of rotatable bonds is 2. The quantitative estimate of drug-likeness (QED) is 0.674. The Morgan fingerprint density at radius 3 is 3.00 bits per heavy atom. The van der Waals surface area contributed by atoms with Crippen molar-refractivity contribution < 1.29 is 0 Å². The summed E-state index contributed by atoms with van der Waals surface area (Å²) in [5.41, 5.74) is 7.78. The number of nitrogen functional groups attached to an aromatic ring is 1. The molecule has 0 bridgehead atoms. The largest absolute Gasteiger partial charge is 0.397 e. The molecule has 0 aliphatic carbocycles. The molecule has 96 valence electrons. The summed E-state index contributed by atoms with van der Waals surface area (Å²) in [6.45, 7) is 2.03. The first-order chi connectivity index (χ1) is 9.20. The number of anilines is 1. The minimum absolute atomic E-state index is 0.190. The van der Waals surface area contributed by atoms with Crippen LogP contribution >= 0.6 is 0 Å². The first kappa shape index (κ1) is 11.5. The van der Waals surface area contributed by atoms with Gasteiger partial charge >= 0.3 is 0 Å². The Kier molecular flexibility index (Phi) is 2.56. The number of H-pyrrole nitrogens is 1. The molecule has 3 rings (SSSR count). The van der Waals surface area contributed by atoms with Crippen molar-refractivity contribution in [3.8, 4) is 5.69 Å². The number of fused-ring (bicyclic) bond motifs is 1. The van der Waals surface area contributed by atoms with Gasteiger partial charge in [-0.3, -0.25) is 4.79 Å². The molecule has 0 aliphatic rings. The lowest BCUT2D eigenvalue weighted by atomic mass is 10.2. The van der Waals surface area contributed by atoms with E-state index in [-0.39, 0.29) is 5.56 Å². The molecule has 0 saturated heterocycles. The minimum atomic E-state index is -0.190. The van der Waals surface area contributed by atoms with Crippen LogP contribution in [0.25, 0.3) is 16.6 Å². The lowest BCUT2D eigenvalue weighted by Gasteiger charge is -2.10. The molecule has 19 heavy (non-hydrogen) atoms. The van der Waals surface area contributed by atoms with Gasteiger partial charge in [0.15, 0.2) is 0 Å². The maximum absolute atomic E-state index is 11.7. The van der Waals surface area contributed by atoms with Crippen molar-refractivity contribution in [2.75, 3.05) is 5.73 Å². The third-order valence-electron chi connectivity index (χ3n) is 3.08. The second-order valence-electron chi connectivity index (χ2n) is 4.23. The van der Waals surface area contributed by atoms with Gasteiger partial charge in [0, 0.05) is 18.8 Å². The van der Waals surface area contributed by atoms with E-state index in [1.165, 1.54) is 6.33 Å². The fourth-order valence-electron chi connectivity index (χ4n) is 2.14. The molecule has 0 saturated carbocycles. The van der Waals surface area contributed by atoms with Crippen LogP contribution in [-0.2, 0) is 6.42 Å². The van der Waals surface area contributed by atoms with Crippen LogP contribution in [0.2, 0.25) is 0 Å². The number of nitrogens with one attached hydrogen (secondary N) is 1. The number of aryl methyl sites for hydroxylation is 1. The van der Waals surface area contributed by atoms with Gasteiger partial charge in [-0.15, -0.1) is 0 Å². The van der Waals surface area contributed by atoms with E-state index in [0.717, 1.165) is 17.9 Å². The monoisotopic (exact) mass is 255 g/mol. The van der Waals surface area contributed by atoms with Crippen molar-refractivity contribution in [3.05, 3.63) is 47.0 Å². The Bertz CT molecular complexity index is 802. The first-order valence-electron chi connectivity index (χ1n) is 6.00. The van der Waals surface area contributed by atoms with Gasteiger partial charge in [-0.2, -0.15) is 0 Å². The number of aromatic nitrogens is 4. The highest BCUT2D eigenvalue weighted by atomic mass is 16.1. The zero-order chi connectivity index (χ0) is 13.4. The summed E-state index contributed by atoms with van der Waals surface area (Å²) in [5.74, 6) is 0.913. The third kappa shape index (κ3) is 1.77. The van der Waals surface area contributed by atoms with Crippen LogP contribution in [0, 0.1) is 0 Å². The molecule has 0 aliphatic heterocycles. The Morgan fingerprint density at radius 2 is 2.21 bits per heavy atom. The Morgan fingerprint density at radius 1 is 1.37 bits per heavy atom. The summed E-state index contributed by atoms with van der Waals surface area (Å²) >= 11 is 0. The number of aromatic amines is 1. The van der Waals surface area contributed by atoms with E-state index in [0.29, 0.717) is 16.6 Å². The molecule has 0 fully saturated rings. The van der Waals surface area contributed by atoms with Crippen LogP contribution in [0.1, 0.15) is 12.7 Å². The summed E-state index contributed by atoms with van der Waals surface area (Å²) < 4.78 is 1.91. The molecular weight excluding hydrogens is 242 g/mol. The zero-order valence-electron chi connectivity index (χ0n) is 10.4. The topological polar surface area (TPSA) is 89.6 Å². The Labute approximate surface area is 108 Å². The second kappa shape index (κ2) is 4.24. The van der Waals surface area contributed by atoms with Gasteiger partial charge in [0.25, 0.3) is 5.56 Å². The van der Waals surface area contributed by atoms with E-state index in [9.17, 15) is 4.79 Å². The molecule has 1 aromatic carbocycles. The van der Waals surface area contributed by atoms with Crippen molar-refractivity contribution in [3.63, 3.8) is 0 Å². The summed E-state index contributed by atoms with van der Waals surface area (Å²) in [6, 6.07) is 3.46. The maximum atomic E-state index is 11.7. The van der Waals surface area contributed by atoms with Gasteiger partial charge in [0.05, 0.1) is 28.6 Å². The van der Waals surface area contributed by atoms with E-state index < -0.39 is 0 Å². The van der Waals surface area contributed by atoms with Crippen LogP contribution in [0.15, 0.2) is 35.6 Å². The second-order valence-corrected chi connectivity index (χ2v) is 4.23. The summed E-state index contributed by atoms with van der Waals surface area (Å²) in [5, 5.41) is 0.488. The van der Waals surface area contributed by atoms with Crippen molar-refractivity contribution >= 4 is 16.6 Å². The fraction of sp³-hybridized carbons (Fsp3) is 0.154. The van der Waals surface area contributed by atoms with Gasteiger partial charge in [-0.1, -0.05) is 6.92 Å². The normalized spacial score (nSPS) is 11.0. The lowest BCUT2D eigenvalue weighted by Crippen LogP contribution is -2.09. The van der Waals surface area contributed by atoms with Crippen molar-refractivity contribution in [2.45, 2.75) is 13.3 Å². The smallest absolute Gasteiger partial charge is 0.258 e. The molecule has 3 aromatic rings.